The number of hydrazone groups is 1. The van der Waals surface area contributed by atoms with E-state index in [1.54, 1.807) is 50.4 Å². The summed E-state index contributed by atoms with van der Waals surface area (Å²) in [5.74, 6) is 0.607. The molecular weight excluding hydrogens is 394 g/mol. The molecule has 0 aliphatic rings. The SMILES string of the molecule is COc1ccc(CC(=O)N/N=C(/C)CC(=O)Nc2ccc(Cl)cc2C)cc1OC. The van der Waals surface area contributed by atoms with Gasteiger partial charge in [-0.3, -0.25) is 9.59 Å². The Morgan fingerprint density at radius 3 is 2.41 bits per heavy atom. The quantitative estimate of drug-likeness (QED) is 0.506. The number of aryl methyl sites for hydroxylation is 1. The van der Waals surface area contributed by atoms with Crippen molar-refractivity contribution in [3.8, 4) is 11.5 Å². The summed E-state index contributed by atoms with van der Waals surface area (Å²) in [5.41, 5.74) is 5.25. The molecule has 0 fully saturated rings. The van der Waals surface area contributed by atoms with E-state index in [0.717, 1.165) is 11.1 Å². The van der Waals surface area contributed by atoms with Gasteiger partial charge < -0.3 is 14.8 Å². The second-order valence-electron chi connectivity index (χ2n) is 6.43. The van der Waals surface area contributed by atoms with Crippen LogP contribution in [0.3, 0.4) is 0 Å². The molecule has 29 heavy (non-hydrogen) atoms. The molecule has 0 aliphatic carbocycles. The van der Waals surface area contributed by atoms with Crippen molar-refractivity contribution in [3.63, 3.8) is 0 Å². The molecule has 0 aromatic heterocycles. The Morgan fingerprint density at radius 2 is 1.76 bits per heavy atom. The summed E-state index contributed by atoms with van der Waals surface area (Å²) in [5, 5.41) is 7.40. The smallest absolute Gasteiger partial charge is 0.244 e. The van der Waals surface area contributed by atoms with Gasteiger partial charge in [0.1, 0.15) is 0 Å². The molecule has 0 aliphatic heterocycles. The molecule has 2 aromatic rings. The van der Waals surface area contributed by atoms with Crippen molar-refractivity contribution < 1.29 is 19.1 Å². The summed E-state index contributed by atoms with van der Waals surface area (Å²) in [6, 6.07) is 10.5. The van der Waals surface area contributed by atoms with Gasteiger partial charge in [0, 0.05) is 16.4 Å². The van der Waals surface area contributed by atoms with Crippen LogP contribution in [0.15, 0.2) is 41.5 Å². The molecule has 2 rings (SSSR count). The maximum Gasteiger partial charge on any atom is 0.244 e. The van der Waals surface area contributed by atoms with Gasteiger partial charge in [0.25, 0.3) is 0 Å². The number of hydrogen-bond donors (Lipinski definition) is 2. The molecule has 0 saturated carbocycles. The highest BCUT2D eigenvalue weighted by atomic mass is 35.5. The van der Waals surface area contributed by atoms with Gasteiger partial charge in [-0.2, -0.15) is 5.10 Å². The zero-order valence-corrected chi connectivity index (χ0v) is 17.6. The Bertz CT molecular complexity index is 928. The van der Waals surface area contributed by atoms with E-state index in [2.05, 4.69) is 15.8 Å². The molecule has 154 valence electrons. The van der Waals surface area contributed by atoms with Crippen molar-refractivity contribution in [2.45, 2.75) is 26.7 Å². The fourth-order valence-corrected chi connectivity index (χ4v) is 2.83. The molecular formula is C21H24ClN3O4. The topological polar surface area (TPSA) is 89.0 Å². The Balaban J connectivity index is 1.88. The largest absolute Gasteiger partial charge is 0.493 e. The van der Waals surface area contributed by atoms with E-state index >= 15 is 0 Å². The molecule has 0 spiro atoms. The maximum atomic E-state index is 12.2. The molecule has 0 heterocycles. The molecule has 7 nitrogen and oxygen atoms in total. The highest BCUT2D eigenvalue weighted by Gasteiger charge is 2.10. The average molecular weight is 418 g/mol. The van der Waals surface area contributed by atoms with E-state index < -0.39 is 0 Å². The van der Waals surface area contributed by atoms with Crippen LogP contribution in [0.1, 0.15) is 24.5 Å². The third-order valence-electron chi connectivity index (χ3n) is 4.06. The number of benzene rings is 2. The number of methoxy groups -OCH3 is 2. The first-order valence-corrected chi connectivity index (χ1v) is 9.29. The fourth-order valence-electron chi connectivity index (χ4n) is 2.61. The molecule has 2 aromatic carbocycles. The van der Waals surface area contributed by atoms with E-state index in [4.69, 9.17) is 21.1 Å². The number of hydrogen-bond acceptors (Lipinski definition) is 5. The first-order valence-electron chi connectivity index (χ1n) is 8.91. The Kier molecular flexibility index (Phi) is 8.03. The molecule has 2 amide bonds. The zero-order chi connectivity index (χ0) is 21.4. The van der Waals surface area contributed by atoms with Crippen molar-refractivity contribution >= 4 is 34.8 Å². The molecule has 0 radical (unpaired) electrons. The second-order valence-corrected chi connectivity index (χ2v) is 6.87. The molecule has 0 saturated heterocycles. The van der Waals surface area contributed by atoms with Crippen LogP contribution in [0.25, 0.3) is 0 Å². The van der Waals surface area contributed by atoms with Crippen LogP contribution in [-0.2, 0) is 16.0 Å². The molecule has 2 N–H and O–H groups in total. The van der Waals surface area contributed by atoms with Crippen LogP contribution in [0.5, 0.6) is 11.5 Å². The lowest BCUT2D eigenvalue weighted by atomic mass is 10.1. The van der Waals surface area contributed by atoms with E-state index in [9.17, 15) is 9.59 Å². The number of anilines is 1. The number of nitrogens with one attached hydrogen (secondary N) is 2. The minimum absolute atomic E-state index is 0.0543. The highest BCUT2D eigenvalue weighted by molar-refractivity contribution is 6.30. The third-order valence-corrected chi connectivity index (χ3v) is 4.30. The lowest BCUT2D eigenvalue weighted by Crippen LogP contribution is -2.23. The first kappa shape index (κ1) is 22.2. The number of carbonyl (C=O) groups excluding carboxylic acids is 2. The van der Waals surface area contributed by atoms with Crippen LogP contribution < -0.4 is 20.2 Å². The summed E-state index contributed by atoms with van der Waals surface area (Å²) in [7, 11) is 3.08. The van der Waals surface area contributed by atoms with Crippen LogP contribution in [0, 0.1) is 6.92 Å². The molecule has 0 atom stereocenters. The standard InChI is InChI=1S/C21H24ClN3O4/c1-13-9-16(22)6-7-17(13)23-20(26)10-14(2)24-25-21(27)12-15-5-8-18(28-3)19(11-15)29-4/h5-9,11H,10,12H2,1-4H3,(H,23,26)(H,25,27)/b24-14-. The number of ether oxygens (including phenoxy) is 2. The number of carbonyl (C=O) groups is 2. The van der Waals surface area contributed by atoms with Gasteiger partial charge in [-0.15, -0.1) is 0 Å². The minimum Gasteiger partial charge on any atom is -0.493 e. The molecule has 8 heteroatoms. The minimum atomic E-state index is -0.300. The van der Waals surface area contributed by atoms with Crippen LogP contribution in [0.4, 0.5) is 5.69 Å². The summed E-state index contributed by atoms with van der Waals surface area (Å²) in [6.07, 6.45) is 0.173. The lowest BCUT2D eigenvalue weighted by Gasteiger charge is -2.10. The summed E-state index contributed by atoms with van der Waals surface area (Å²) < 4.78 is 10.4. The van der Waals surface area contributed by atoms with E-state index in [1.807, 2.05) is 6.92 Å². The number of amides is 2. The van der Waals surface area contributed by atoms with Crippen molar-refractivity contribution in [2.75, 3.05) is 19.5 Å². The van der Waals surface area contributed by atoms with Gasteiger partial charge in [-0.05, 0) is 55.3 Å². The summed E-state index contributed by atoms with van der Waals surface area (Å²) in [6.45, 7) is 3.53. The second kappa shape index (κ2) is 10.5. The van der Waals surface area contributed by atoms with E-state index in [1.165, 1.54) is 7.11 Å². The van der Waals surface area contributed by atoms with E-state index in [-0.39, 0.29) is 24.7 Å². The van der Waals surface area contributed by atoms with Crippen LogP contribution >= 0.6 is 11.6 Å². The summed E-state index contributed by atoms with van der Waals surface area (Å²) in [4.78, 5) is 24.3. The van der Waals surface area contributed by atoms with Gasteiger partial charge in [0.05, 0.1) is 27.1 Å². The van der Waals surface area contributed by atoms with Gasteiger partial charge >= 0.3 is 0 Å². The molecule has 0 bridgehead atoms. The Morgan fingerprint density at radius 1 is 1.03 bits per heavy atom. The van der Waals surface area contributed by atoms with Gasteiger partial charge in [-0.1, -0.05) is 17.7 Å². The van der Waals surface area contributed by atoms with Crippen molar-refractivity contribution in [3.05, 3.63) is 52.5 Å². The van der Waals surface area contributed by atoms with Crippen LogP contribution in [0.2, 0.25) is 5.02 Å². The number of rotatable bonds is 8. The summed E-state index contributed by atoms with van der Waals surface area (Å²) >= 11 is 5.91. The van der Waals surface area contributed by atoms with E-state index in [0.29, 0.717) is 27.9 Å². The van der Waals surface area contributed by atoms with Crippen molar-refractivity contribution in [1.29, 1.82) is 0 Å². The third kappa shape index (κ3) is 6.80. The highest BCUT2D eigenvalue weighted by Crippen LogP contribution is 2.27. The predicted molar refractivity (Wildman–Crippen MR) is 114 cm³/mol. The molecule has 0 unspecified atom stereocenters. The zero-order valence-electron chi connectivity index (χ0n) is 16.8. The maximum absolute atomic E-state index is 12.2. The van der Waals surface area contributed by atoms with Crippen molar-refractivity contribution in [2.24, 2.45) is 5.10 Å². The Hall–Kier alpha value is -3.06. The fraction of sp³-hybridized carbons (Fsp3) is 0.286. The number of nitrogens with zero attached hydrogens (tertiary/aromatic N) is 1. The number of halogens is 1. The van der Waals surface area contributed by atoms with Gasteiger partial charge in [-0.25, -0.2) is 5.43 Å². The van der Waals surface area contributed by atoms with Gasteiger partial charge in [0.15, 0.2) is 11.5 Å². The normalized spacial score (nSPS) is 11.0. The van der Waals surface area contributed by atoms with Crippen molar-refractivity contribution in [1.82, 2.24) is 5.43 Å². The monoisotopic (exact) mass is 417 g/mol. The average Bonchev–Trinajstić information content (AvgIpc) is 2.68. The first-order chi connectivity index (χ1) is 13.8. The van der Waals surface area contributed by atoms with Crippen LogP contribution in [-0.4, -0.2) is 31.7 Å². The Labute approximate surface area is 175 Å². The van der Waals surface area contributed by atoms with Gasteiger partial charge in [0.2, 0.25) is 11.8 Å². The lowest BCUT2D eigenvalue weighted by molar-refractivity contribution is -0.120. The predicted octanol–water partition coefficient (Wildman–Crippen LogP) is 3.73.